The molecule has 0 heterocycles. The first-order valence-electron chi connectivity index (χ1n) is 8.08. The summed E-state index contributed by atoms with van der Waals surface area (Å²) in [5.41, 5.74) is 7.82. The third-order valence-electron chi connectivity index (χ3n) is 4.47. The average molecular weight is 287 g/mol. The summed E-state index contributed by atoms with van der Waals surface area (Å²) in [7, 11) is 0. The highest BCUT2D eigenvalue weighted by Crippen LogP contribution is 2.28. The van der Waals surface area contributed by atoms with Gasteiger partial charge in [0.25, 0.3) is 0 Å². The van der Waals surface area contributed by atoms with Crippen LogP contribution in [0.4, 0.5) is 5.69 Å². The van der Waals surface area contributed by atoms with Crippen LogP contribution in [0, 0.1) is 0 Å². The maximum Gasteiger partial charge on any atom is 0.234 e. The van der Waals surface area contributed by atoms with Crippen molar-refractivity contribution in [2.45, 2.75) is 57.2 Å². The Kier molecular flexibility index (Phi) is 4.44. The Balaban J connectivity index is 1.55. The van der Waals surface area contributed by atoms with Gasteiger partial charge in [-0.15, -0.1) is 0 Å². The van der Waals surface area contributed by atoms with E-state index in [0.717, 1.165) is 25.1 Å². The van der Waals surface area contributed by atoms with Gasteiger partial charge in [0.1, 0.15) is 0 Å². The second kappa shape index (κ2) is 6.48. The zero-order valence-corrected chi connectivity index (χ0v) is 12.6. The predicted molar refractivity (Wildman–Crippen MR) is 84.7 cm³/mol. The quantitative estimate of drug-likeness (QED) is 0.789. The second-order valence-electron chi connectivity index (χ2n) is 6.43. The number of nitrogens with zero attached hydrogens (tertiary/aromatic N) is 1. The standard InChI is InChI=1S/C17H25N3O/c18-14-5-3-4-13(10-14)11-20(16-8-9-16)12-17(21)19-15-6-1-2-7-15/h3-5,10,15-16H,1-2,6-9,11-12,18H2,(H,19,21). The van der Waals surface area contributed by atoms with E-state index in [1.807, 2.05) is 18.2 Å². The van der Waals surface area contributed by atoms with Crippen LogP contribution in [0.3, 0.4) is 0 Å². The minimum atomic E-state index is 0.178. The number of carbonyl (C=O) groups is 1. The maximum atomic E-state index is 12.2. The number of carbonyl (C=O) groups excluding carboxylic acids is 1. The molecular weight excluding hydrogens is 262 g/mol. The Morgan fingerprint density at radius 2 is 2.00 bits per heavy atom. The molecule has 3 rings (SSSR count). The van der Waals surface area contributed by atoms with Crippen molar-refractivity contribution in [1.82, 2.24) is 10.2 Å². The fourth-order valence-corrected chi connectivity index (χ4v) is 3.21. The van der Waals surface area contributed by atoms with E-state index in [1.165, 1.54) is 31.2 Å². The van der Waals surface area contributed by atoms with Crippen LogP contribution in [0.2, 0.25) is 0 Å². The van der Waals surface area contributed by atoms with Gasteiger partial charge in [-0.25, -0.2) is 0 Å². The van der Waals surface area contributed by atoms with Gasteiger partial charge in [0, 0.05) is 24.3 Å². The number of anilines is 1. The molecule has 1 aromatic rings. The predicted octanol–water partition coefficient (Wildman–Crippen LogP) is 2.29. The number of amides is 1. The molecule has 4 nitrogen and oxygen atoms in total. The van der Waals surface area contributed by atoms with Crippen LogP contribution in [0.5, 0.6) is 0 Å². The van der Waals surface area contributed by atoms with E-state index in [2.05, 4.69) is 16.3 Å². The average Bonchev–Trinajstić information content (AvgIpc) is 3.17. The van der Waals surface area contributed by atoms with Crippen molar-refractivity contribution < 1.29 is 4.79 Å². The van der Waals surface area contributed by atoms with Crippen molar-refractivity contribution in [3.63, 3.8) is 0 Å². The van der Waals surface area contributed by atoms with Crippen LogP contribution in [-0.2, 0) is 11.3 Å². The molecule has 0 aromatic heterocycles. The number of benzene rings is 1. The second-order valence-corrected chi connectivity index (χ2v) is 6.43. The van der Waals surface area contributed by atoms with E-state index < -0.39 is 0 Å². The zero-order valence-electron chi connectivity index (χ0n) is 12.6. The van der Waals surface area contributed by atoms with E-state index in [4.69, 9.17) is 5.73 Å². The van der Waals surface area contributed by atoms with Gasteiger partial charge in [0.05, 0.1) is 6.54 Å². The Bertz CT molecular complexity index is 493. The van der Waals surface area contributed by atoms with E-state index in [0.29, 0.717) is 18.6 Å². The maximum absolute atomic E-state index is 12.2. The summed E-state index contributed by atoms with van der Waals surface area (Å²) in [6.07, 6.45) is 7.20. The Hall–Kier alpha value is -1.55. The van der Waals surface area contributed by atoms with Crippen LogP contribution < -0.4 is 11.1 Å². The summed E-state index contributed by atoms with van der Waals surface area (Å²) >= 11 is 0. The van der Waals surface area contributed by atoms with Crippen molar-refractivity contribution in [3.05, 3.63) is 29.8 Å². The molecule has 0 saturated heterocycles. The van der Waals surface area contributed by atoms with Gasteiger partial charge < -0.3 is 11.1 Å². The lowest BCUT2D eigenvalue weighted by Gasteiger charge is -2.23. The lowest BCUT2D eigenvalue weighted by molar-refractivity contribution is -0.123. The molecule has 0 aliphatic heterocycles. The van der Waals surface area contributed by atoms with Crippen LogP contribution in [0.15, 0.2) is 24.3 Å². The molecule has 3 N–H and O–H groups in total. The molecule has 2 aliphatic carbocycles. The molecule has 0 bridgehead atoms. The summed E-state index contributed by atoms with van der Waals surface area (Å²) in [5, 5.41) is 3.18. The lowest BCUT2D eigenvalue weighted by atomic mass is 10.2. The van der Waals surface area contributed by atoms with Gasteiger partial charge in [-0.05, 0) is 43.4 Å². The highest BCUT2D eigenvalue weighted by molar-refractivity contribution is 5.78. The highest BCUT2D eigenvalue weighted by Gasteiger charge is 2.30. The molecule has 21 heavy (non-hydrogen) atoms. The first kappa shape index (κ1) is 14.4. The number of rotatable bonds is 6. The molecule has 4 heteroatoms. The first-order chi connectivity index (χ1) is 10.2. The molecule has 2 aliphatic rings. The van der Waals surface area contributed by atoms with Crippen molar-refractivity contribution >= 4 is 11.6 Å². The number of nitrogens with one attached hydrogen (secondary N) is 1. The summed E-state index contributed by atoms with van der Waals surface area (Å²) in [5.74, 6) is 0.178. The van der Waals surface area contributed by atoms with E-state index in [1.54, 1.807) is 0 Å². The minimum Gasteiger partial charge on any atom is -0.399 e. The monoisotopic (exact) mass is 287 g/mol. The third kappa shape index (κ3) is 4.21. The molecule has 114 valence electrons. The van der Waals surface area contributed by atoms with Gasteiger partial charge in [0.15, 0.2) is 0 Å². The fourth-order valence-electron chi connectivity index (χ4n) is 3.21. The molecule has 0 unspecified atom stereocenters. The minimum absolute atomic E-state index is 0.178. The molecule has 0 atom stereocenters. The Morgan fingerprint density at radius 1 is 1.24 bits per heavy atom. The van der Waals surface area contributed by atoms with E-state index in [-0.39, 0.29) is 5.91 Å². The first-order valence-corrected chi connectivity index (χ1v) is 8.08. The Labute approximate surface area is 126 Å². The SMILES string of the molecule is Nc1cccc(CN(CC(=O)NC2CCCC2)C2CC2)c1. The number of hydrogen-bond donors (Lipinski definition) is 2. The van der Waals surface area contributed by atoms with Crippen LogP contribution in [-0.4, -0.2) is 29.4 Å². The normalized spacial score (nSPS) is 19.1. The number of hydrogen-bond acceptors (Lipinski definition) is 3. The largest absolute Gasteiger partial charge is 0.399 e. The van der Waals surface area contributed by atoms with Gasteiger partial charge in [-0.1, -0.05) is 25.0 Å². The van der Waals surface area contributed by atoms with Gasteiger partial charge in [-0.3, -0.25) is 9.69 Å². The summed E-state index contributed by atoms with van der Waals surface area (Å²) in [4.78, 5) is 14.5. The van der Waals surface area contributed by atoms with Crippen molar-refractivity contribution in [2.24, 2.45) is 0 Å². The summed E-state index contributed by atoms with van der Waals surface area (Å²) in [6, 6.07) is 8.95. The van der Waals surface area contributed by atoms with Crippen LogP contribution in [0.25, 0.3) is 0 Å². The molecular formula is C17H25N3O. The number of nitrogen functional groups attached to an aromatic ring is 1. The smallest absolute Gasteiger partial charge is 0.234 e. The Morgan fingerprint density at radius 3 is 2.67 bits per heavy atom. The van der Waals surface area contributed by atoms with Crippen molar-refractivity contribution in [2.75, 3.05) is 12.3 Å². The van der Waals surface area contributed by atoms with Crippen molar-refractivity contribution in [3.8, 4) is 0 Å². The van der Waals surface area contributed by atoms with Gasteiger partial charge >= 0.3 is 0 Å². The molecule has 1 aromatic carbocycles. The molecule has 0 spiro atoms. The summed E-state index contributed by atoms with van der Waals surface area (Å²) < 4.78 is 0. The third-order valence-corrected chi connectivity index (χ3v) is 4.47. The van der Waals surface area contributed by atoms with E-state index in [9.17, 15) is 4.79 Å². The zero-order chi connectivity index (χ0) is 14.7. The molecule has 0 radical (unpaired) electrons. The van der Waals surface area contributed by atoms with Crippen LogP contribution >= 0.6 is 0 Å². The topological polar surface area (TPSA) is 58.4 Å². The molecule has 2 saturated carbocycles. The molecule has 1 amide bonds. The highest BCUT2D eigenvalue weighted by atomic mass is 16.2. The van der Waals surface area contributed by atoms with Crippen molar-refractivity contribution in [1.29, 1.82) is 0 Å². The number of nitrogens with two attached hydrogens (primary N) is 1. The lowest BCUT2D eigenvalue weighted by Crippen LogP contribution is -2.41. The van der Waals surface area contributed by atoms with Gasteiger partial charge in [0.2, 0.25) is 5.91 Å². The fraction of sp³-hybridized carbons (Fsp3) is 0.588. The summed E-state index contributed by atoms with van der Waals surface area (Å²) in [6.45, 7) is 1.32. The van der Waals surface area contributed by atoms with E-state index >= 15 is 0 Å². The molecule has 2 fully saturated rings. The van der Waals surface area contributed by atoms with Crippen LogP contribution in [0.1, 0.15) is 44.1 Å². The van der Waals surface area contributed by atoms with Gasteiger partial charge in [-0.2, -0.15) is 0 Å².